The van der Waals surface area contributed by atoms with Crippen molar-refractivity contribution in [1.82, 2.24) is 15.0 Å². The fourth-order valence-electron chi connectivity index (χ4n) is 2.38. The van der Waals surface area contributed by atoms with Crippen LogP contribution in [0.2, 0.25) is 0 Å². The van der Waals surface area contributed by atoms with Crippen molar-refractivity contribution < 1.29 is 9.53 Å². The van der Waals surface area contributed by atoms with Gasteiger partial charge in [-0.25, -0.2) is 9.78 Å². The highest BCUT2D eigenvalue weighted by molar-refractivity contribution is 5.97. The van der Waals surface area contributed by atoms with Crippen molar-refractivity contribution in [2.75, 3.05) is 6.61 Å². The summed E-state index contributed by atoms with van der Waals surface area (Å²) in [5.41, 5.74) is 3.93. The van der Waals surface area contributed by atoms with Gasteiger partial charge in [0.2, 0.25) is 5.82 Å². The number of nitrogens with zero attached hydrogens (tertiary/aromatic N) is 1. The van der Waals surface area contributed by atoms with Crippen molar-refractivity contribution in [3.05, 3.63) is 42.0 Å². The topological polar surface area (TPSA) is 70.8 Å². The standard InChI is InChI=1S/C15H15N3O2/c1-3-20-15(19)14-16-8-12(18-14)13-9(2)17-11-7-5-4-6-10(11)13/h4-8,17H,3H2,1-2H3,(H,16,18). The number of fused-ring (bicyclic) bond motifs is 1. The fraction of sp³-hybridized carbons (Fsp3) is 0.200. The quantitative estimate of drug-likeness (QED) is 0.718. The van der Waals surface area contributed by atoms with Crippen LogP contribution in [0.1, 0.15) is 23.2 Å². The van der Waals surface area contributed by atoms with Gasteiger partial charge in [0.1, 0.15) is 0 Å². The molecular formula is C15H15N3O2. The molecule has 3 rings (SSSR count). The number of aromatic nitrogens is 3. The minimum Gasteiger partial charge on any atom is -0.460 e. The summed E-state index contributed by atoms with van der Waals surface area (Å²) in [6.45, 7) is 4.10. The minimum absolute atomic E-state index is 0.228. The number of carbonyl (C=O) groups is 1. The average Bonchev–Trinajstić information content (AvgIpc) is 3.01. The third-order valence-corrected chi connectivity index (χ3v) is 3.21. The molecule has 102 valence electrons. The second kappa shape index (κ2) is 4.85. The molecule has 0 saturated carbocycles. The summed E-state index contributed by atoms with van der Waals surface area (Å²) in [6.07, 6.45) is 1.66. The summed E-state index contributed by atoms with van der Waals surface area (Å²) in [4.78, 5) is 22.1. The van der Waals surface area contributed by atoms with Gasteiger partial charge in [-0.2, -0.15) is 0 Å². The number of esters is 1. The summed E-state index contributed by atoms with van der Waals surface area (Å²) in [6, 6.07) is 8.04. The maximum Gasteiger partial charge on any atom is 0.374 e. The van der Waals surface area contributed by atoms with E-state index in [1.807, 2.05) is 31.2 Å². The first-order valence-electron chi connectivity index (χ1n) is 6.50. The van der Waals surface area contributed by atoms with E-state index in [9.17, 15) is 4.79 Å². The number of benzene rings is 1. The van der Waals surface area contributed by atoms with E-state index in [4.69, 9.17) is 4.74 Å². The van der Waals surface area contributed by atoms with Crippen LogP contribution in [0.15, 0.2) is 30.5 Å². The Morgan fingerprint density at radius 3 is 2.90 bits per heavy atom. The Hall–Kier alpha value is -2.56. The Morgan fingerprint density at radius 2 is 2.10 bits per heavy atom. The molecule has 0 spiro atoms. The molecule has 2 heterocycles. The first-order valence-corrected chi connectivity index (χ1v) is 6.50. The monoisotopic (exact) mass is 269 g/mol. The van der Waals surface area contributed by atoms with Crippen LogP contribution in [0.5, 0.6) is 0 Å². The molecule has 20 heavy (non-hydrogen) atoms. The maximum atomic E-state index is 11.7. The third kappa shape index (κ3) is 1.97. The predicted octanol–water partition coefficient (Wildman–Crippen LogP) is 3.04. The number of hydrogen-bond donors (Lipinski definition) is 2. The smallest absolute Gasteiger partial charge is 0.374 e. The highest BCUT2D eigenvalue weighted by atomic mass is 16.5. The van der Waals surface area contributed by atoms with Crippen LogP contribution >= 0.6 is 0 Å². The Labute approximate surface area is 116 Å². The molecule has 0 atom stereocenters. The highest BCUT2D eigenvalue weighted by Gasteiger charge is 2.16. The Morgan fingerprint density at radius 1 is 1.30 bits per heavy atom. The second-order valence-electron chi connectivity index (χ2n) is 4.54. The predicted molar refractivity (Wildman–Crippen MR) is 76.6 cm³/mol. The van der Waals surface area contributed by atoms with Gasteiger partial charge in [0, 0.05) is 22.2 Å². The Kier molecular flexibility index (Phi) is 3.02. The molecule has 2 N–H and O–H groups in total. The van der Waals surface area contributed by atoms with Gasteiger partial charge >= 0.3 is 5.97 Å². The zero-order chi connectivity index (χ0) is 14.1. The van der Waals surface area contributed by atoms with Crippen molar-refractivity contribution in [1.29, 1.82) is 0 Å². The number of imidazole rings is 1. The lowest BCUT2D eigenvalue weighted by Gasteiger charge is -1.98. The van der Waals surface area contributed by atoms with Gasteiger partial charge < -0.3 is 14.7 Å². The van der Waals surface area contributed by atoms with Crippen LogP contribution in [0.25, 0.3) is 22.2 Å². The van der Waals surface area contributed by atoms with Gasteiger partial charge in [-0.3, -0.25) is 0 Å². The minimum atomic E-state index is -0.434. The van der Waals surface area contributed by atoms with Gasteiger partial charge in [0.05, 0.1) is 18.5 Å². The highest BCUT2D eigenvalue weighted by Crippen LogP contribution is 2.30. The van der Waals surface area contributed by atoms with Gasteiger partial charge in [-0.05, 0) is 19.9 Å². The lowest BCUT2D eigenvalue weighted by Crippen LogP contribution is -2.06. The number of H-pyrrole nitrogens is 2. The van der Waals surface area contributed by atoms with Crippen LogP contribution in [-0.2, 0) is 4.74 Å². The molecule has 0 fully saturated rings. The normalized spacial score (nSPS) is 10.9. The van der Waals surface area contributed by atoms with Gasteiger partial charge in [-0.15, -0.1) is 0 Å². The second-order valence-corrected chi connectivity index (χ2v) is 4.54. The van der Waals surface area contributed by atoms with E-state index in [1.54, 1.807) is 13.1 Å². The number of para-hydroxylation sites is 1. The molecule has 0 radical (unpaired) electrons. The van der Waals surface area contributed by atoms with E-state index in [0.29, 0.717) is 6.61 Å². The number of aromatic amines is 2. The fourth-order valence-corrected chi connectivity index (χ4v) is 2.38. The first kappa shape index (κ1) is 12.5. The summed E-state index contributed by atoms with van der Waals surface area (Å²) >= 11 is 0. The van der Waals surface area contributed by atoms with Crippen molar-refractivity contribution in [2.24, 2.45) is 0 Å². The van der Waals surface area contributed by atoms with E-state index in [1.165, 1.54) is 0 Å². The third-order valence-electron chi connectivity index (χ3n) is 3.21. The molecule has 3 aromatic rings. The van der Waals surface area contributed by atoms with Crippen LogP contribution in [0.3, 0.4) is 0 Å². The zero-order valence-corrected chi connectivity index (χ0v) is 11.4. The van der Waals surface area contributed by atoms with Crippen molar-refractivity contribution >= 4 is 16.9 Å². The molecule has 1 aromatic carbocycles. The largest absolute Gasteiger partial charge is 0.460 e. The lowest BCUT2D eigenvalue weighted by molar-refractivity contribution is 0.0513. The number of ether oxygens (including phenoxy) is 1. The summed E-state index contributed by atoms with van der Waals surface area (Å²) in [5.74, 6) is -0.206. The maximum absolute atomic E-state index is 11.7. The molecular weight excluding hydrogens is 254 g/mol. The Balaban J connectivity index is 2.08. The lowest BCUT2D eigenvalue weighted by atomic mass is 10.1. The summed E-state index contributed by atoms with van der Waals surface area (Å²) in [5, 5.41) is 1.10. The van der Waals surface area contributed by atoms with E-state index in [0.717, 1.165) is 27.9 Å². The van der Waals surface area contributed by atoms with Crippen molar-refractivity contribution in [3.63, 3.8) is 0 Å². The number of carbonyl (C=O) groups excluding carboxylic acids is 1. The summed E-state index contributed by atoms with van der Waals surface area (Å²) < 4.78 is 4.94. The number of hydrogen-bond acceptors (Lipinski definition) is 3. The van der Waals surface area contributed by atoms with Crippen molar-refractivity contribution in [2.45, 2.75) is 13.8 Å². The van der Waals surface area contributed by atoms with Crippen molar-refractivity contribution in [3.8, 4) is 11.3 Å². The molecule has 0 unspecified atom stereocenters. The number of aryl methyl sites for hydroxylation is 1. The van der Waals surface area contributed by atoms with Crippen LogP contribution < -0.4 is 0 Å². The molecule has 2 aromatic heterocycles. The number of nitrogens with one attached hydrogen (secondary N) is 2. The SMILES string of the molecule is CCOC(=O)c1ncc(-c2c(C)[nH]c3ccccc23)[nH]1. The zero-order valence-electron chi connectivity index (χ0n) is 11.4. The molecule has 0 amide bonds. The van der Waals surface area contributed by atoms with Crippen LogP contribution in [-0.4, -0.2) is 27.5 Å². The number of rotatable bonds is 3. The van der Waals surface area contributed by atoms with E-state index in [2.05, 4.69) is 15.0 Å². The van der Waals surface area contributed by atoms with E-state index < -0.39 is 5.97 Å². The molecule has 0 aliphatic rings. The molecule has 0 aliphatic carbocycles. The van der Waals surface area contributed by atoms with Gasteiger partial charge in [0.15, 0.2) is 0 Å². The van der Waals surface area contributed by atoms with E-state index >= 15 is 0 Å². The Bertz CT molecular complexity index is 770. The molecule has 5 nitrogen and oxygen atoms in total. The summed E-state index contributed by atoms with van der Waals surface area (Å²) in [7, 11) is 0. The van der Waals surface area contributed by atoms with Crippen LogP contribution in [0, 0.1) is 6.92 Å². The average molecular weight is 269 g/mol. The molecule has 5 heteroatoms. The van der Waals surface area contributed by atoms with Gasteiger partial charge in [-0.1, -0.05) is 18.2 Å². The van der Waals surface area contributed by atoms with Crippen LogP contribution in [0.4, 0.5) is 0 Å². The molecule has 0 aliphatic heterocycles. The first-order chi connectivity index (χ1) is 9.70. The molecule has 0 saturated heterocycles. The van der Waals surface area contributed by atoms with E-state index in [-0.39, 0.29) is 5.82 Å². The molecule has 0 bridgehead atoms. The van der Waals surface area contributed by atoms with Gasteiger partial charge in [0.25, 0.3) is 0 Å².